The van der Waals surface area contributed by atoms with E-state index in [2.05, 4.69) is 0 Å². The highest BCUT2D eigenvalue weighted by molar-refractivity contribution is 5.85. The van der Waals surface area contributed by atoms with Crippen molar-refractivity contribution >= 4 is 12.4 Å². The lowest BCUT2D eigenvalue weighted by atomic mass is 9.98. The molecule has 100 valence electrons. The van der Waals surface area contributed by atoms with Gasteiger partial charge >= 0.3 is 6.18 Å². The maximum Gasteiger partial charge on any atom is 0.416 e. The second-order valence-corrected chi connectivity index (χ2v) is 3.42. The van der Waals surface area contributed by atoms with Crippen LogP contribution < -0.4 is 10.5 Å². The van der Waals surface area contributed by atoms with Gasteiger partial charge in [0.25, 0.3) is 0 Å². The lowest BCUT2D eigenvalue weighted by molar-refractivity contribution is -0.138. The van der Waals surface area contributed by atoms with E-state index >= 15 is 0 Å². The smallest absolute Gasteiger partial charge is 0.416 e. The van der Waals surface area contributed by atoms with E-state index in [4.69, 9.17) is 15.7 Å². The van der Waals surface area contributed by atoms with Gasteiger partial charge in [0.05, 0.1) is 25.2 Å². The van der Waals surface area contributed by atoms with E-state index in [-0.39, 0.29) is 30.1 Å². The predicted molar refractivity (Wildman–Crippen MR) is 62.4 cm³/mol. The third kappa shape index (κ3) is 3.79. The Morgan fingerprint density at radius 1 is 1.44 bits per heavy atom. The van der Waals surface area contributed by atoms with Crippen LogP contribution in [0.5, 0.6) is 5.75 Å². The van der Waals surface area contributed by atoms with Crippen LogP contribution in [-0.4, -0.2) is 7.11 Å². The van der Waals surface area contributed by atoms with E-state index < -0.39 is 17.8 Å². The van der Waals surface area contributed by atoms with Gasteiger partial charge in [0.15, 0.2) is 0 Å². The maximum absolute atomic E-state index is 12.8. The van der Waals surface area contributed by atoms with Gasteiger partial charge in [-0.05, 0) is 17.7 Å². The molecule has 0 heterocycles. The zero-order valence-electron chi connectivity index (χ0n) is 9.49. The van der Waals surface area contributed by atoms with Crippen LogP contribution in [0.1, 0.15) is 23.6 Å². The van der Waals surface area contributed by atoms with Gasteiger partial charge in [-0.15, -0.1) is 12.4 Å². The van der Waals surface area contributed by atoms with Crippen molar-refractivity contribution in [2.24, 2.45) is 5.73 Å². The molecule has 0 unspecified atom stereocenters. The van der Waals surface area contributed by atoms with Crippen LogP contribution in [0, 0.1) is 11.3 Å². The number of rotatable bonds is 3. The average molecular weight is 281 g/mol. The Bertz CT molecular complexity index is 443. The fourth-order valence-electron chi connectivity index (χ4n) is 1.44. The van der Waals surface area contributed by atoms with Crippen LogP contribution >= 0.6 is 12.4 Å². The molecule has 2 N–H and O–H groups in total. The topological polar surface area (TPSA) is 59.0 Å². The predicted octanol–water partition coefficient (Wildman–Crippen LogP) is 3.05. The second-order valence-electron chi connectivity index (χ2n) is 3.42. The maximum atomic E-state index is 12.8. The molecule has 1 aromatic rings. The standard InChI is InChI=1S/C11H11F3N2O.ClH/c1-17-7-2-3-8(10(16)4-5-15)9(6-7)11(12,13)14;/h2-3,6,10H,4,16H2,1H3;1H/t10-;/m1./s1. The molecule has 0 radical (unpaired) electrons. The highest BCUT2D eigenvalue weighted by Crippen LogP contribution is 2.36. The largest absolute Gasteiger partial charge is 0.497 e. The van der Waals surface area contributed by atoms with Crippen molar-refractivity contribution in [3.8, 4) is 11.8 Å². The Balaban J connectivity index is 0.00000289. The van der Waals surface area contributed by atoms with Gasteiger partial charge in [0.1, 0.15) is 5.75 Å². The lowest BCUT2D eigenvalue weighted by Crippen LogP contribution is -2.17. The average Bonchev–Trinajstić information content (AvgIpc) is 2.27. The first-order valence-corrected chi connectivity index (χ1v) is 4.77. The molecule has 1 atom stereocenters. The molecule has 0 aliphatic carbocycles. The minimum absolute atomic E-state index is 0. The molecule has 0 amide bonds. The minimum Gasteiger partial charge on any atom is -0.497 e. The molecular weight excluding hydrogens is 269 g/mol. The summed E-state index contributed by atoms with van der Waals surface area (Å²) in [6, 6.07) is 4.31. The zero-order chi connectivity index (χ0) is 13.1. The van der Waals surface area contributed by atoms with Crippen molar-refractivity contribution in [2.45, 2.75) is 18.6 Å². The number of ether oxygens (including phenoxy) is 1. The second kappa shape index (κ2) is 6.47. The minimum atomic E-state index is -4.52. The number of hydrogen-bond donors (Lipinski definition) is 1. The molecule has 7 heteroatoms. The van der Waals surface area contributed by atoms with E-state index in [1.54, 1.807) is 6.07 Å². The zero-order valence-corrected chi connectivity index (χ0v) is 10.3. The van der Waals surface area contributed by atoms with Crippen LogP contribution in [0.2, 0.25) is 0 Å². The summed E-state index contributed by atoms with van der Waals surface area (Å²) in [5.74, 6) is 0.102. The van der Waals surface area contributed by atoms with E-state index in [1.165, 1.54) is 19.2 Å². The highest BCUT2D eigenvalue weighted by Gasteiger charge is 2.35. The molecule has 0 bridgehead atoms. The Kier molecular flexibility index (Phi) is 5.95. The summed E-state index contributed by atoms with van der Waals surface area (Å²) >= 11 is 0. The molecule has 18 heavy (non-hydrogen) atoms. The molecule has 0 saturated carbocycles. The molecule has 0 spiro atoms. The van der Waals surface area contributed by atoms with Crippen LogP contribution in [0.25, 0.3) is 0 Å². The van der Waals surface area contributed by atoms with Gasteiger partial charge in [-0.1, -0.05) is 6.07 Å². The third-order valence-electron chi connectivity index (χ3n) is 2.28. The molecular formula is C11H12ClF3N2O. The Hall–Kier alpha value is -1.45. The lowest BCUT2D eigenvalue weighted by Gasteiger charge is -2.17. The fourth-order valence-corrected chi connectivity index (χ4v) is 1.44. The number of alkyl halides is 3. The van der Waals surface area contributed by atoms with Crippen molar-refractivity contribution in [3.63, 3.8) is 0 Å². The first-order chi connectivity index (χ1) is 7.90. The van der Waals surface area contributed by atoms with Crippen LogP contribution in [0.15, 0.2) is 18.2 Å². The van der Waals surface area contributed by atoms with E-state index in [0.717, 1.165) is 6.07 Å². The van der Waals surface area contributed by atoms with Gasteiger partial charge in [-0.25, -0.2) is 0 Å². The number of halogens is 4. The Morgan fingerprint density at radius 3 is 2.50 bits per heavy atom. The van der Waals surface area contributed by atoms with E-state index in [1.807, 2.05) is 0 Å². The normalized spacial score (nSPS) is 12.2. The van der Waals surface area contributed by atoms with Crippen molar-refractivity contribution in [1.29, 1.82) is 5.26 Å². The summed E-state index contributed by atoms with van der Waals surface area (Å²) in [4.78, 5) is 0. The summed E-state index contributed by atoms with van der Waals surface area (Å²) in [5.41, 5.74) is 4.57. The SMILES string of the molecule is COc1ccc([C@H](N)CC#N)c(C(F)(F)F)c1.Cl. The molecule has 1 rings (SSSR count). The molecule has 0 aliphatic heterocycles. The number of methoxy groups -OCH3 is 1. The summed E-state index contributed by atoms with van der Waals surface area (Å²) in [6.07, 6.45) is -4.69. The summed E-state index contributed by atoms with van der Waals surface area (Å²) in [6.45, 7) is 0. The number of nitriles is 1. The van der Waals surface area contributed by atoms with Crippen LogP contribution in [0.3, 0.4) is 0 Å². The highest BCUT2D eigenvalue weighted by atomic mass is 35.5. The van der Waals surface area contributed by atoms with Crippen molar-refractivity contribution in [1.82, 2.24) is 0 Å². The summed E-state index contributed by atoms with van der Waals surface area (Å²) in [7, 11) is 1.28. The first-order valence-electron chi connectivity index (χ1n) is 4.77. The molecule has 1 aromatic carbocycles. The van der Waals surface area contributed by atoms with Crippen molar-refractivity contribution in [3.05, 3.63) is 29.3 Å². The quantitative estimate of drug-likeness (QED) is 0.926. The Labute approximate surface area is 109 Å². The summed E-state index contributed by atoms with van der Waals surface area (Å²) < 4.78 is 43.1. The molecule has 0 aromatic heterocycles. The van der Waals surface area contributed by atoms with Gasteiger partial charge in [-0.3, -0.25) is 0 Å². The molecule has 0 saturated heterocycles. The van der Waals surface area contributed by atoms with Crippen molar-refractivity contribution in [2.75, 3.05) is 7.11 Å². The fraction of sp³-hybridized carbons (Fsp3) is 0.364. The molecule has 3 nitrogen and oxygen atoms in total. The van der Waals surface area contributed by atoms with Gasteiger partial charge in [-0.2, -0.15) is 18.4 Å². The number of benzene rings is 1. The van der Waals surface area contributed by atoms with Crippen LogP contribution in [0.4, 0.5) is 13.2 Å². The van der Waals surface area contributed by atoms with Gasteiger partial charge in [0, 0.05) is 6.04 Å². The summed E-state index contributed by atoms with van der Waals surface area (Å²) in [5, 5.41) is 8.46. The number of nitrogens with zero attached hydrogens (tertiary/aromatic N) is 1. The van der Waals surface area contributed by atoms with E-state index in [9.17, 15) is 13.2 Å². The molecule has 0 fully saturated rings. The van der Waals surface area contributed by atoms with Gasteiger partial charge < -0.3 is 10.5 Å². The Morgan fingerprint density at radius 2 is 2.06 bits per heavy atom. The molecule has 0 aliphatic rings. The first kappa shape index (κ1) is 16.6. The third-order valence-corrected chi connectivity index (χ3v) is 2.28. The van der Waals surface area contributed by atoms with Crippen LogP contribution in [-0.2, 0) is 6.18 Å². The van der Waals surface area contributed by atoms with Crippen molar-refractivity contribution < 1.29 is 17.9 Å². The monoisotopic (exact) mass is 280 g/mol. The number of hydrogen-bond acceptors (Lipinski definition) is 3. The van der Waals surface area contributed by atoms with Gasteiger partial charge in [0.2, 0.25) is 0 Å². The van der Waals surface area contributed by atoms with E-state index in [0.29, 0.717) is 0 Å². The number of nitrogens with two attached hydrogens (primary N) is 1.